The molecule has 0 bridgehead atoms. The van der Waals surface area contributed by atoms with Crippen LogP contribution in [-0.4, -0.2) is 20.8 Å². The molecule has 98 valence electrons. The second-order valence-electron chi connectivity index (χ2n) is 4.52. The molecule has 0 aromatic carbocycles. The zero-order valence-corrected chi connectivity index (χ0v) is 11.7. The van der Waals surface area contributed by atoms with Gasteiger partial charge in [0.15, 0.2) is 0 Å². The molecule has 0 aliphatic rings. The van der Waals surface area contributed by atoms with E-state index < -0.39 is 10.1 Å². The first-order chi connectivity index (χ1) is 7.45. The van der Waals surface area contributed by atoms with Crippen LogP contribution >= 0.6 is 0 Å². The number of hydrogen-bond acceptors (Lipinski definition) is 3. The minimum Gasteiger partial charge on any atom is -0.267 e. The van der Waals surface area contributed by atoms with Gasteiger partial charge >= 0.3 is 0 Å². The van der Waals surface area contributed by atoms with Crippen LogP contribution in [0.2, 0.25) is 0 Å². The molecule has 1 unspecified atom stereocenters. The molecule has 1 atom stereocenters. The Bertz CT molecular complexity index is 247. The molecule has 0 saturated heterocycles. The molecule has 0 saturated carbocycles. The van der Waals surface area contributed by atoms with E-state index in [-0.39, 0.29) is 6.10 Å². The van der Waals surface area contributed by atoms with Crippen LogP contribution in [0.25, 0.3) is 0 Å². The third-order valence-electron chi connectivity index (χ3n) is 2.55. The molecule has 16 heavy (non-hydrogen) atoms. The molecule has 0 amide bonds. The van der Waals surface area contributed by atoms with Crippen molar-refractivity contribution in [3.63, 3.8) is 0 Å². The van der Waals surface area contributed by atoms with Gasteiger partial charge in [0, 0.05) is 0 Å². The Balaban J connectivity index is 3.31. The Kier molecular flexibility index (Phi) is 8.94. The molecule has 0 aliphatic heterocycles. The van der Waals surface area contributed by atoms with Crippen LogP contribution < -0.4 is 0 Å². The Hall–Kier alpha value is -0.0900. The van der Waals surface area contributed by atoms with E-state index in [9.17, 15) is 8.42 Å². The molecule has 0 heterocycles. The van der Waals surface area contributed by atoms with Crippen molar-refractivity contribution in [2.45, 2.75) is 71.3 Å². The Morgan fingerprint density at radius 2 is 1.50 bits per heavy atom. The van der Waals surface area contributed by atoms with E-state index in [1.165, 1.54) is 38.5 Å². The van der Waals surface area contributed by atoms with E-state index in [2.05, 4.69) is 6.92 Å². The quantitative estimate of drug-likeness (QED) is 0.440. The highest BCUT2D eigenvalue weighted by atomic mass is 32.2. The van der Waals surface area contributed by atoms with Crippen molar-refractivity contribution < 1.29 is 12.6 Å². The fraction of sp³-hybridized carbons (Fsp3) is 1.00. The summed E-state index contributed by atoms with van der Waals surface area (Å²) in [6.07, 6.45) is 10.5. The zero-order chi connectivity index (χ0) is 12.4. The van der Waals surface area contributed by atoms with E-state index >= 15 is 0 Å². The van der Waals surface area contributed by atoms with Crippen molar-refractivity contribution in [1.29, 1.82) is 0 Å². The maximum Gasteiger partial charge on any atom is 0.264 e. The maximum atomic E-state index is 10.8. The Labute approximate surface area is 101 Å². The summed E-state index contributed by atoms with van der Waals surface area (Å²) in [5.74, 6) is 0. The van der Waals surface area contributed by atoms with Crippen LogP contribution in [0.4, 0.5) is 0 Å². The van der Waals surface area contributed by atoms with Crippen LogP contribution in [0.3, 0.4) is 0 Å². The number of unbranched alkanes of at least 4 members (excludes halogenated alkanes) is 6. The maximum absolute atomic E-state index is 10.8. The third-order valence-corrected chi connectivity index (χ3v) is 3.23. The standard InChI is InChI=1S/C12H26O3S/c1-4-5-6-7-8-9-10-11-12(2)15-16(3,13)14/h12H,4-11H2,1-3H3. The monoisotopic (exact) mass is 250 g/mol. The Morgan fingerprint density at radius 3 is 2.00 bits per heavy atom. The molecule has 0 spiro atoms. The molecule has 0 N–H and O–H groups in total. The first kappa shape index (κ1) is 15.9. The molecular weight excluding hydrogens is 224 g/mol. The first-order valence-electron chi connectivity index (χ1n) is 6.34. The molecule has 0 fully saturated rings. The lowest BCUT2D eigenvalue weighted by atomic mass is 10.1. The minimum atomic E-state index is -3.28. The van der Waals surface area contributed by atoms with E-state index in [0.717, 1.165) is 19.1 Å². The van der Waals surface area contributed by atoms with Gasteiger partial charge in [0.05, 0.1) is 12.4 Å². The van der Waals surface area contributed by atoms with Gasteiger partial charge in [-0.1, -0.05) is 51.9 Å². The minimum absolute atomic E-state index is 0.175. The largest absolute Gasteiger partial charge is 0.267 e. The summed E-state index contributed by atoms with van der Waals surface area (Å²) in [4.78, 5) is 0. The SMILES string of the molecule is CCCCCCCCCC(C)OS(C)(=O)=O. The van der Waals surface area contributed by atoms with Gasteiger partial charge in [0.25, 0.3) is 10.1 Å². The van der Waals surface area contributed by atoms with Crippen LogP contribution in [-0.2, 0) is 14.3 Å². The average molecular weight is 250 g/mol. The molecular formula is C12H26O3S. The first-order valence-corrected chi connectivity index (χ1v) is 8.15. The lowest BCUT2D eigenvalue weighted by molar-refractivity contribution is 0.216. The van der Waals surface area contributed by atoms with Crippen molar-refractivity contribution >= 4 is 10.1 Å². The zero-order valence-electron chi connectivity index (χ0n) is 10.9. The fourth-order valence-corrected chi connectivity index (χ4v) is 2.43. The van der Waals surface area contributed by atoms with Crippen molar-refractivity contribution in [2.24, 2.45) is 0 Å². The fourth-order valence-electron chi connectivity index (χ4n) is 1.74. The highest BCUT2D eigenvalue weighted by Gasteiger charge is 2.09. The van der Waals surface area contributed by atoms with Gasteiger partial charge in [-0.05, 0) is 13.3 Å². The van der Waals surface area contributed by atoms with E-state index in [0.29, 0.717) is 0 Å². The van der Waals surface area contributed by atoms with E-state index in [1.54, 1.807) is 0 Å². The summed E-state index contributed by atoms with van der Waals surface area (Å²) in [7, 11) is -3.28. The van der Waals surface area contributed by atoms with Gasteiger partial charge in [-0.25, -0.2) is 0 Å². The Morgan fingerprint density at radius 1 is 1.00 bits per heavy atom. The van der Waals surface area contributed by atoms with Gasteiger partial charge in [-0.3, -0.25) is 4.18 Å². The predicted octanol–water partition coefficient (Wildman–Crippen LogP) is 3.49. The molecule has 0 rings (SSSR count). The smallest absolute Gasteiger partial charge is 0.264 e. The molecule has 0 aromatic heterocycles. The molecule has 3 nitrogen and oxygen atoms in total. The van der Waals surface area contributed by atoms with Crippen LogP contribution in [0, 0.1) is 0 Å². The van der Waals surface area contributed by atoms with Crippen molar-refractivity contribution in [1.82, 2.24) is 0 Å². The summed E-state index contributed by atoms with van der Waals surface area (Å²) in [5.41, 5.74) is 0. The van der Waals surface area contributed by atoms with Crippen molar-refractivity contribution in [3.05, 3.63) is 0 Å². The van der Waals surface area contributed by atoms with E-state index in [4.69, 9.17) is 4.18 Å². The van der Waals surface area contributed by atoms with Gasteiger partial charge in [-0.2, -0.15) is 8.42 Å². The second kappa shape index (κ2) is 8.99. The van der Waals surface area contributed by atoms with Crippen LogP contribution in [0.5, 0.6) is 0 Å². The van der Waals surface area contributed by atoms with Crippen molar-refractivity contribution in [2.75, 3.05) is 6.26 Å². The summed E-state index contributed by atoms with van der Waals surface area (Å²) < 4.78 is 26.5. The van der Waals surface area contributed by atoms with Crippen molar-refractivity contribution in [3.8, 4) is 0 Å². The van der Waals surface area contributed by atoms with Gasteiger partial charge < -0.3 is 0 Å². The number of rotatable bonds is 10. The molecule has 0 radical (unpaired) electrons. The predicted molar refractivity (Wildman–Crippen MR) is 68.0 cm³/mol. The lowest BCUT2D eigenvalue weighted by Crippen LogP contribution is -2.13. The second-order valence-corrected chi connectivity index (χ2v) is 6.12. The molecule has 4 heteroatoms. The summed E-state index contributed by atoms with van der Waals surface area (Å²) >= 11 is 0. The summed E-state index contributed by atoms with van der Waals surface area (Å²) in [6, 6.07) is 0. The summed E-state index contributed by atoms with van der Waals surface area (Å²) in [5, 5.41) is 0. The van der Waals surface area contributed by atoms with Gasteiger partial charge in [0.1, 0.15) is 0 Å². The molecule has 0 aromatic rings. The summed E-state index contributed by atoms with van der Waals surface area (Å²) in [6.45, 7) is 4.03. The highest BCUT2D eigenvalue weighted by molar-refractivity contribution is 7.86. The lowest BCUT2D eigenvalue weighted by Gasteiger charge is -2.10. The van der Waals surface area contributed by atoms with Crippen LogP contribution in [0.1, 0.15) is 65.2 Å². The highest BCUT2D eigenvalue weighted by Crippen LogP contribution is 2.11. The third kappa shape index (κ3) is 12.0. The number of hydrogen-bond donors (Lipinski definition) is 0. The van der Waals surface area contributed by atoms with Gasteiger partial charge in [0.2, 0.25) is 0 Å². The van der Waals surface area contributed by atoms with E-state index in [1.807, 2.05) is 6.92 Å². The van der Waals surface area contributed by atoms with Gasteiger partial charge in [-0.15, -0.1) is 0 Å². The molecule has 0 aliphatic carbocycles. The van der Waals surface area contributed by atoms with Crippen LogP contribution in [0.15, 0.2) is 0 Å². The average Bonchev–Trinajstić information content (AvgIpc) is 2.13. The topological polar surface area (TPSA) is 43.4 Å². The normalized spacial score (nSPS) is 13.9.